The number of amides is 2. The molecule has 0 radical (unpaired) electrons. The van der Waals surface area contributed by atoms with Gasteiger partial charge in [-0.15, -0.1) is 0 Å². The quantitative estimate of drug-likeness (QED) is 0.806. The highest BCUT2D eigenvalue weighted by Crippen LogP contribution is 2.30. The largest absolute Gasteiger partial charge is 0.480 e. The SMILES string of the molecule is O=C(NCCNC(=O)[C@H]1Cc2cc(Cl)ccc2O1)c1ccccn1. The van der Waals surface area contributed by atoms with Gasteiger partial charge in [-0.1, -0.05) is 17.7 Å². The van der Waals surface area contributed by atoms with Crippen molar-refractivity contribution in [3.63, 3.8) is 0 Å². The third-order valence-corrected chi connectivity index (χ3v) is 3.83. The van der Waals surface area contributed by atoms with Crippen LogP contribution in [0.3, 0.4) is 0 Å². The molecule has 2 N–H and O–H groups in total. The number of rotatable bonds is 5. The van der Waals surface area contributed by atoms with E-state index in [-0.39, 0.29) is 11.8 Å². The molecule has 24 heavy (non-hydrogen) atoms. The number of carbonyl (C=O) groups excluding carboxylic acids is 2. The Morgan fingerprint density at radius 1 is 1.21 bits per heavy atom. The van der Waals surface area contributed by atoms with Crippen molar-refractivity contribution >= 4 is 23.4 Å². The summed E-state index contributed by atoms with van der Waals surface area (Å²) in [6, 6.07) is 10.4. The van der Waals surface area contributed by atoms with Gasteiger partial charge in [0.15, 0.2) is 6.10 Å². The second-order valence-electron chi connectivity index (χ2n) is 5.32. The third-order valence-electron chi connectivity index (χ3n) is 3.60. The van der Waals surface area contributed by atoms with Crippen molar-refractivity contribution < 1.29 is 14.3 Å². The number of hydrogen-bond acceptors (Lipinski definition) is 4. The lowest BCUT2D eigenvalue weighted by molar-refractivity contribution is -0.127. The average molecular weight is 346 g/mol. The number of aromatic nitrogens is 1. The Morgan fingerprint density at radius 2 is 2.04 bits per heavy atom. The Hall–Kier alpha value is -2.60. The molecule has 124 valence electrons. The molecule has 1 aromatic carbocycles. The number of nitrogens with one attached hydrogen (secondary N) is 2. The number of fused-ring (bicyclic) bond motifs is 1. The molecule has 2 heterocycles. The zero-order valence-electron chi connectivity index (χ0n) is 12.8. The number of nitrogens with zero attached hydrogens (tertiary/aromatic N) is 1. The van der Waals surface area contributed by atoms with Crippen molar-refractivity contribution in [3.8, 4) is 5.75 Å². The van der Waals surface area contributed by atoms with Crippen molar-refractivity contribution in [1.29, 1.82) is 0 Å². The van der Waals surface area contributed by atoms with Gasteiger partial charge < -0.3 is 15.4 Å². The van der Waals surface area contributed by atoms with Gasteiger partial charge in [0, 0.05) is 30.7 Å². The molecule has 0 unspecified atom stereocenters. The van der Waals surface area contributed by atoms with E-state index in [0.717, 1.165) is 5.56 Å². The van der Waals surface area contributed by atoms with E-state index in [4.69, 9.17) is 16.3 Å². The van der Waals surface area contributed by atoms with E-state index in [1.807, 2.05) is 0 Å². The summed E-state index contributed by atoms with van der Waals surface area (Å²) in [6.07, 6.45) is 1.48. The Balaban J connectivity index is 1.42. The lowest BCUT2D eigenvalue weighted by Gasteiger charge is -2.11. The maximum absolute atomic E-state index is 12.1. The molecular weight excluding hydrogens is 330 g/mol. The van der Waals surface area contributed by atoms with Gasteiger partial charge in [-0.05, 0) is 35.9 Å². The molecule has 0 saturated carbocycles. The van der Waals surface area contributed by atoms with Gasteiger partial charge in [-0.2, -0.15) is 0 Å². The third kappa shape index (κ3) is 3.83. The smallest absolute Gasteiger partial charge is 0.269 e. The highest BCUT2D eigenvalue weighted by Gasteiger charge is 2.28. The normalized spacial score (nSPS) is 15.3. The first-order chi connectivity index (χ1) is 11.6. The zero-order valence-corrected chi connectivity index (χ0v) is 13.5. The molecule has 1 atom stereocenters. The number of hydrogen-bond donors (Lipinski definition) is 2. The number of halogens is 1. The molecule has 0 spiro atoms. The van der Waals surface area contributed by atoms with Crippen LogP contribution in [0.25, 0.3) is 0 Å². The average Bonchev–Trinajstić information content (AvgIpc) is 3.02. The summed E-state index contributed by atoms with van der Waals surface area (Å²) in [5.74, 6) is 0.196. The highest BCUT2D eigenvalue weighted by molar-refractivity contribution is 6.30. The molecule has 1 aliphatic rings. The van der Waals surface area contributed by atoms with E-state index in [1.165, 1.54) is 0 Å². The van der Waals surface area contributed by atoms with Gasteiger partial charge in [-0.3, -0.25) is 14.6 Å². The fourth-order valence-corrected chi connectivity index (χ4v) is 2.62. The van der Waals surface area contributed by atoms with E-state index < -0.39 is 6.10 Å². The summed E-state index contributed by atoms with van der Waals surface area (Å²) in [5, 5.41) is 6.06. The monoisotopic (exact) mass is 345 g/mol. The molecule has 1 aliphatic heterocycles. The number of benzene rings is 1. The van der Waals surface area contributed by atoms with Crippen LogP contribution in [-0.2, 0) is 11.2 Å². The second kappa shape index (κ2) is 7.31. The standard InChI is InChI=1S/C17H16ClN3O3/c18-12-4-5-14-11(9-12)10-15(24-14)17(23)21-8-7-20-16(22)13-3-1-2-6-19-13/h1-6,9,15H,7-8,10H2,(H,20,22)(H,21,23)/t15-/m1/s1. The fourth-order valence-electron chi connectivity index (χ4n) is 2.43. The molecule has 0 bridgehead atoms. The first-order valence-corrected chi connectivity index (χ1v) is 7.93. The second-order valence-corrected chi connectivity index (χ2v) is 5.76. The summed E-state index contributed by atoms with van der Waals surface area (Å²) < 4.78 is 5.60. The molecule has 6 nitrogen and oxygen atoms in total. The molecular formula is C17H16ClN3O3. The first-order valence-electron chi connectivity index (χ1n) is 7.55. The summed E-state index contributed by atoms with van der Waals surface area (Å²) in [5.41, 5.74) is 1.27. The highest BCUT2D eigenvalue weighted by atomic mass is 35.5. The fraction of sp³-hybridized carbons (Fsp3) is 0.235. The predicted molar refractivity (Wildman–Crippen MR) is 89.2 cm³/mol. The van der Waals surface area contributed by atoms with Gasteiger partial charge in [0.2, 0.25) is 0 Å². The topological polar surface area (TPSA) is 80.3 Å². The van der Waals surface area contributed by atoms with Gasteiger partial charge in [0.1, 0.15) is 11.4 Å². The van der Waals surface area contributed by atoms with Crippen LogP contribution in [0, 0.1) is 0 Å². The molecule has 7 heteroatoms. The molecule has 0 fully saturated rings. The van der Waals surface area contributed by atoms with Gasteiger partial charge in [0.25, 0.3) is 11.8 Å². The van der Waals surface area contributed by atoms with Crippen molar-refractivity contribution in [1.82, 2.24) is 15.6 Å². The molecule has 0 saturated heterocycles. The van der Waals surface area contributed by atoms with Crippen molar-refractivity contribution in [2.75, 3.05) is 13.1 Å². The predicted octanol–water partition coefficient (Wildman–Crippen LogP) is 1.58. The Kier molecular flexibility index (Phi) is 4.96. The summed E-state index contributed by atoms with van der Waals surface area (Å²) in [7, 11) is 0. The van der Waals surface area contributed by atoms with Crippen LogP contribution in [0.5, 0.6) is 5.75 Å². The van der Waals surface area contributed by atoms with Crippen LogP contribution < -0.4 is 15.4 Å². The van der Waals surface area contributed by atoms with E-state index in [9.17, 15) is 9.59 Å². The van der Waals surface area contributed by atoms with Crippen molar-refractivity contribution in [3.05, 3.63) is 58.9 Å². The molecule has 1 aromatic heterocycles. The van der Waals surface area contributed by atoms with Crippen LogP contribution in [0.15, 0.2) is 42.6 Å². The Bertz CT molecular complexity index is 752. The number of pyridine rings is 1. The lowest BCUT2D eigenvalue weighted by Crippen LogP contribution is -2.41. The minimum Gasteiger partial charge on any atom is -0.480 e. The minimum absolute atomic E-state index is 0.214. The number of ether oxygens (including phenoxy) is 1. The van der Waals surface area contributed by atoms with Crippen LogP contribution in [-0.4, -0.2) is 36.0 Å². The Labute approximate surface area is 144 Å². The van der Waals surface area contributed by atoms with Crippen LogP contribution in [0.2, 0.25) is 5.02 Å². The van der Waals surface area contributed by atoms with E-state index >= 15 is 0 Å². The summed E-state index contributed by atoms with van der Waals surface area (Å²) in [4.78, 5) is 27.9. The maximum atomic E-state index is 12.1. The van der Waals surface area contributed by atoms with Gasteiger partial charge in [-0.25, -0.2) is 0 Å². The molecule has 2 amide bonds. The van der Waals surface area contributed by atoms with Crippen molar-refractivity contribution in [2.45, 2.75) is 12.5 Å². The lowest BCUT2D eigenvalue weighted by atomic mass is 10.1. The van der Waals surface area contributed by atoms with Crippen LogP contribution in [0.4, 0.5) is 0 Å². The minimum atomic E-state index is -0.565. The molecule has 2 aromatic rings. The van der Waals surface area contributed by atoms with E-state index in [1.54, 1.807) is 42.6 Å². The molecule has 3 rings (SSSR count). The van der Waals surface area contributed by atoms with Crippen LogP contribution >= 0.6 is 11.6 Å². The summed E-state index contributed by atoms with van der Waals surface area (Å²) in [6.45, 7) is 0.626. The summed E-state index contributed by atoms with van der Waals surface area (Å²) >= 11 is 5.93. The van der Waals surface area contributed by atoms with Crippen LogP contribution in [0.1, 0.15) is 16.1 Å². The van der Waals surface area contributed by atoms with E-state index in [2.05, 4.69) is 15.6 Å². The van der Waals surface area contributed by atoms with Gasteiger partial charge >= 0.3 is 0 Å². The van der Waals surface area contributed by atoms with Crippen molar-refractivity contribution in [2.24, 2.45) is 0 Å². The first kappa shape index (κ1) is 16.3. The van der Waals surface area contributed by atoms with Gasteiger partial charge in [0.05, 0.1) is 0 Å². The maximum Gasteiger partial charge on any atom is 0.269 e. The molecule has 0 aliphatic carbocycles. The Morgan fingerprint density at radius 3 is 2.83 bits per heavy atom. The zero-order chi connectivity index (χ0) is 16.9. The number of carbonyl (C=O) groups is 2. The van der Waals surface area contributed by atoms with E-state index in [0.29, 0.717) is 36.0 Å².